The van der Waals surface area contributed by atoms with Crippen LogP contribution in [0.3, 0.4) is 0 Å². The summed E-state index contributed by atoms with van der Waals surface area (Å²) in [4.78, 5) is 7.01. The number of hydrogen-bond donors (Lipinski definition) is 0. The largest absolute Gasteiger partial charge is 0.356 e. The highest BCUT2D eigenvalue weighted by molar-refractivity contribution is 5.40. The van der Waals surface area contributed by atoms with Crippen LogP contribution in [-0.4, -0.2) is 32.8 Å². The fourth-order valence-corrected chi connectivity index (χ4v) is 3.85. The van der Waals surface area contributed by atoms with E-state index in [0.717, 1.165) is 31.9 Å². The average Bonchev–Trinajstić information content (AvgIpc) is 2.84. The van der Waals surface area contributed by atoms with Gasteiger partial charge in [-0.05, 0) is 44.2 Å². The van der Waals surface area contributed by atoms with Crippen molar-refractivity contribution in [1.82, 2.24) is 19.7 Å². The Morgan fingerprint density at radius 2 is 2.00 bits per heavy atom. The quantitative estimate of drug-likeness (QED) is 0.855. The molecule has 2 aromatic heterocycles. The first-order valence-corrected chi connectivity index (χ1v) is 8.91. The van der Waals surface area contributed by atoms with Gasteiger partial charge in [0.05, 0.1) is 0 Å². The second-order valence-electron chi connectivity index (χ2n) is 6.92. The van der Waals surface area contributed by atoms with Gasteiger partial charge in [0, 0.05) is 38.2 Å². The minimum atomic E-state index is 0.478. The summed E-state index contributed by atoms with van der Waals surface area (Å²) in [5.41, 5.74) is 1.21. The van der Waals surface area contributed by atoms with Gasteiger partial charge in [0.25, 0.3) is 0 Å². The van der Waals surface area contributed by atoms with Crippen molar-refractivity contribution in [2.75, 3.05) is 18.0 Å². The minimum Gasteiger partial charge on any atom is -0.356 e. The van der Waals surface area contributed by atoms with Gasteiger partial charge >= 0.3 is 0 Å². The molecule has 4 rings (SSSR count). The summed E-state index contributed by atoms with van der Waals surface area (Å²) in [6.45, 7) is 5.28. The first-order chi connectivity index (χ1) is 11.3. The smallest absolute Gasteiger partial charge is 0.137 e. The van der Waals surface area contributed by atoms with Crippen molar-refractivity contribution in [3.8, 4) is 0 Å². The van der Waals surface area contributed by atoms with Gasteiger partial charge in [0.2, 0.25) is 0 Å². The lowest BCUT2D eigenvalue weighted by molar-refractivity contribution is 0.464. The number of pyridine rings is 1. The predicted octanol–water partition coefficient (Wildman–Crippen LogP) is 3.09. The van der Waals surface area contributed by atoms with Crippen LogP contribution in [0.5, 0.6) is 0 Å². The summed E-state index contributed by atoms with van der Waals surface area (Å²) in [6, 6.07) is 4.29. The molecule has 122 valence electrons. The number of aryl methyl sites for hydroxylation is 2. The molecule has 0 spiro atoms. The standard InChI is InChI=1S/C18H25N5/c1-14-8-9-16(19-12-14)22-10-5-6-15(13-22)18-21-20-17-7-3-2-4-11-23(17)18/h8-9,12,15H,2-7,10-11,13H2,1H3/t15-/m0/s1. The van der Waals surface area contributed by atoms with Crippen LogP contribution in [0, 0.1) is 6.92 Å². The van der Waals surface area contributed by atoms with Crippen molar-refractivity contribution < 1.29 is 0 Å². The molecule has 23 heavy (non-hydrogen) atoms. The van der Waals surface area contributed by atoms with E-state index in [1.54, 1.807) is 0 Å². The molecule has 2 aliphatic rings. The molecule has 4 heterocycles. The molecule has 2 aromatic rings. The summed E-state index contributed by atoms with van der Waals surface area (Å²) < 4.78 is 2.41. The Morgan fingerprint density at radius 1 is 1.04 bits per heavy atom. The summed E-state index contributed by atoms with van der Waals surface area (Å²) in [6.07, 6.45) is 9.27. The first kappa shape index (κ1) is 14.7. The van der Waals surface area contributed by atoms with Gasteiger partial charge in [-0.3, -0.25) is 0 Å². The highest BCUT2D eigenvalue weighted by Gasteiger charge is 2.27. The molecule has 0 aliphatic carbocycles. The molecule has 0 saturated carbocycles. The maximum Gasteiger partial charge on any atom is 0.137 e. The van der Waals surface area contributed by atoms with E-state index < -0.39 is 0 Å². The molecule has 0 aromatic carbocycles. The molecule has 5 heteroatoms. The SMILES string of the molecule is Cc1ccc(N2CCC[C@H](c3nnc4n3CCCCC4)C2)nc1. The molecule has 1 saturated heterocycles. The van der Waals surface area contributed by atoms with E-state index in [9.17, 15) is 0 Å². The molecule has 2 aliphatic heterocycles. The number of piperidine rings is 1. The van der Waals surface area contributed by atoms with Crippen LogP contribution in [0.4, 0.5) is 5.82 Å². The number of nitrogens with zero attached hydrogens (tertiary/aromatic N) is 5. The zero-order valence-corrected chi connectivity index (χ0v) is 13.9. The lowest BCUT2D eigenvalue weighted by atomic mass is 9.97. The van der Waals surface area contributed by atoms with Gasteiger partial charge in [-0.15, -0.1) is 10.2 Å². The average molecular weight is 311 g/mol. The third-order valence-corrected chi connectivity index (χ3v) is 5.14. The number of anilines is 1. The summed E-state index contributed by atoms with van der Waals surface area (Å²) in [7, 11) is 0. The maximum atomic E-state index is 4.60. The number of hydrogen-bond acceptors (Lipinski definition) is 4. The highest BCUT2D eigenvalue weighted by atomic mass is 15.3. The van der Waals surface area contributed by atoms with E-state index in [2.05, 4.69) is 43.7 Å². The number of aromatic nitrogens is 4. The monoisotopic (exact) mass is 311 g/mol. The summed E-state index contributed by atoms with van der Waals surface area (Å²) in [5.74, 6) is 3.98. The second-order valence-corrected chi connectivity index (χ2v) is 6.92. The van der Waals surface area contributed by atoms with E-state index in [4.69, 9.17) is 0 Å². The van der Waals surface area contributed by atoms with E-state index >= 15 is 0 Å². The fourth-order valence-electron chi connectivity index (χ4n) is 3.85. The van der Waals surface area contributed by atoms with Crippen molar-refractivity contribution in [2.45, 2.75) is 57.9 Å². The second kappa shape index (κ2) is 6.30. The molecule has 0 radical (unpaired) electrons. The van der Waals surface area contributed by atoms with Crippen molar-refractivity contribution >= 4 is 5.82 Å². The van der Waals surface area contributed by atoms with Crippen LogP contribution in [0.25, 0.3) is 0 Å². The van der Waals surface area contributed by atoms with Gasteiger partial charge in [0.15, 0.2) is 0 Å². The number of fused-ring (bicyclic) bond motifs is 1. The van der Waals surface area contributed by atoms with Crippen LogP contribution in [-0.2, 0) is 13.0 Å². The van der Waals surface area contributed by atoms with Crippen molar-refractivity contribution in [1.29, 1.82) is 0 Å². The lowest BCUT2D eigenvalue weighted by Crippen LogP contribution is -2.36. The normalized spacial score (nSPS) is 21.8. The molecule has 0 bridgehead atoms. The van der Waals surface area contributed by atoms with Crippen LogP contribution < -0.4 is 4.90 Å². The van der Waals surface area contributed by atoms with Crippen molar-refractivity contribution in [3.63, 3.8) is 0 Å². The lowest BCUT2D eigenvalue weighted by Gasteiger charge is -2.33. The molecule has 1 atom stereocenters. The predicted molar refractivity (Wildman–Crippen MR) is 90.7 cm³/mol. The van der Waals surface area contributed by atoms with E-state index in [-0.39, 0.29) is 0 Å². The Labute approximate surface area is 137 Å². The molecule has 0 unspecified atom stereocenters. The Morgan fingerprint density at radius 3 is 2.87 bits per heavy atom. The third-order valence-electron chi connectivity index (χ3n) is 5.14. The van der Waals surface area contributed by atoms with Crippen molar-refractivity contribution in [2.24, 2.45) is 0 Å². The van der Waals surface area contributed by atoms with Gasteiger partial charge < -0.3 is 9.47 Å². The van der Waals surface area contributed by atoms with Crippen LogP contribution >= 0.6 is 0 Å². The Bertz CT molecular complexity index is 661. The van der Waals surface area contributed by atoms with Gasteiger partial charge in [0.1, 0.15) is 17.5 Å². The van der Waals surface area contributed by atoms with Crippen LogP contribution in [0.1, 0.15) is 55.2 Å². The topological polar surface area (TPSA) is 46.8 Å². The van der Waals surface area contributed by atoms with Crippen molar-refractivity contribution in [3.05, 3.63) is 35.5 Å². The molecule has 0 N–H and O–H groups in total. The zero-order valence-electron chi connectivity index (χ0n) is 13.9. The molecular formula is C18H25N5. The first-order valence-electron chi connectivity index (χ1n) is 8.91. The molecule has 5 nitrogen and oxygen atoms in total. The molecule has 1 fully saturated rings. The zero-order chi connectivity index (χ0) is 15.6. The summed E-state index contributed by atoms with van der Waals surface area (Å²) >= 11 is 0. The summed E-state index contributed by atoms with van der Waals surface area (Å²) in [5, 5.41) is 9.05. The Kier molecular flexibility index (Phi) is 4.02. The molecule has 0 amide bonds. The fraction of sp³-hybridized carbons (Fsp3) is 0.611. The van der Waals surface area contributed by atoms with Gasteiger partial charge in [-0.1, -0.05) is 12.5 Å². The van der Waals surface area contributed by atoms with E-state index in [1.165, 1.54) is 49.3 Å². The van der Waals surface area contributed by atoms with Crippen LogP contribution in [0.15, 0.2) is 18.3 Å². The highest BCUT2D eigenvalue weighted by Crippen LogP contribution is 2.29. The van der Waals surface area contributed by atoms with Crippen LogP contribution in [0.2, 0.25) is 0 Å². The maximum absolute atomic E-state index is 4.60. The third kappa shape index (κ3) is 2.96. The van der Waals surface area contributed by atoms with Gasteiger partial charge in [-0.25, -0.2) is 4.98 Å². The Balaban J connectivity index is 1.55. The molecular weight excluding hydrogens is 286 g/mol. The Hall–Kier alpha value is -1.91. The number of rotatable bonds is 2. The van der Waals surface area contributed by atoms with Gasteiger partial charge in [-0.2, -0.15) is 0 Å². The minimum absolute atomic E-state index is 0.478. The van der Waals surface area contributed by atoms with E-state index in [0.29, 0.717) is 5.92 Å². The van der Waals surface area contributed by atoms with E-state index in [1.807, 2.05) is 6.20 Å².